The Morgan fingerprint density at radius 3 is 2.62 bits per heavy atom. The number of nitrogens with one attached hydrogen (secondary N) is 2. The summed E-state index contributed by atoms with van der Waals surface area (Å²) in [5, 5.41) is 10.4. The summed E-state index contributed by atoms with van der Waals surface area (Å²) >= 11 is 0. The van der Waals surface area contributed by atoms with Crippen LogP contribution in [0.25, 0.3) is 0 Å². The molecule has 0 atom stereocenters. The quantitative estimate of drug-likeness (QED) is 0.569. The first-order valence-corrected chi connectivity index (χ1v) is 9.04. The number of hydrogen-bond donors (Lipinski definition) is 2. The van der Waals surface area contributed by atoms with Gasteiger partial charge in [-0.15, -0.1) is 0 Å². The molecule has 2 N–H and O–H groups in total. The van der Waals surface area contributed by atoms with Crippen LogP contribution in [0.4, 0.5) is 4.79 Å². The highest BCUT2D eigenvalue weighted by Crippen LogP contribution is 2.14. The van der Waals surface area contributed by atoms with Crippen molar-refractivity contribution in [1.29, 1.82) is 0 Å². The number of carbonyl (C=O) groups is 1. The topological polar surface area (TPSA) is 92.0 Å². The summed E-state index contributed by atoms with van der Waals surface area (Å²) < 4.78 is 10.6. The number of guanidine groups is 1. The van der Waals surface area contributed by atoms with E-state index >= 15 is 0 Å². The van der Waals surface area contributed by atoms with Gasteiger partial charge in [0.2, 0.25) is 0 Å². The lowest BCUT2D eigenvalue weighted by Gasteiger charge is -2.24. The first kappa shape index (κ1) is 21.8. The van der Waals surface area contributed by atoms with Gasteiger partial charge in [-0.05, 0) is 33.6 Å². The van der Waals surface area contributed by atoms with Crippen LogP contribution in [0.2, 0.25) is 0 Å². The molecule has 8 nitrogen and oxygen atoms in total. The molecule has 148 valence electrons. The molecule has 0 saturated heterocycles. The second-order valence-electron chi connectivity index (χ2n) is 7.40. The van der Waals surface area contributed by atoms with Gasteiger partial charge in [-0.25, -0.2) is 9.79 Å². The van der Waals surface area contributed by atoms with E-state index in [0.717, 1.165) is 18.0 Å². The maximum absolute atomic E-state index is 11.9. The van der Waals surface area contributed by atoms with E-state index in [1.807, 2.05) is 33.8 Å². The van der Waals surface area contributed by atoms with Gasteiger partial charge in [0, 0.05) is 32.7 Å². The number of ether oxygens (including phenoxy) is 1. The Morgan fingerprint density at radius 2 is 2.08 bits per heavy atom. The molecule has 0 spiro atoms. The Labute approximate surface area is 156 Å². The number of amides is 1. The van der Waals surface area contributed by atoms with Crippen LogP contribution in [-0.4, -0.2) is 54.4 Å². The van der Waals surface area contributed by atoms with Crippen molar-refractivity contribution in [3.63, 3.8) is 0 Å². The van der Waals surface area contributed by atoms with Crippen LogP contribution in [0.1, 0.15) is 58.9 Å². The monoisotopic (exact) mass is 367 g/mol. The van der Waals surface area contributed by atoms with Gasteiger partial charge in [-0.3, -0.25) is 0 Å². The van der Waals surface area contributed by atoms with Crippen molar-refractivity contribution in [1.82, 2.24) is 20.7 Å². The number of aliphatic imine (C=N–C) groups is 1. The average Bonchev–Trinajstić information content (AvgIpc) is 3.00. The third kappa shape index (κ3) is 8.22. The van der Waals surface area contributed by atoms with E-state index < -0.39 is 5.60 Å². The molecule has 0 aliphatic heterocycles. The smallest absolute Gasteiger partial charge is 0.410 e. The molecule has 26 heavy (non-hydrogen) atoms. The summed E-state index contributed by atoms with van der Waals surface area (Å²) in [7, 11) is 1.71. The van der Waals surface area contributed by atoms with E-state index in [1.54, 1.807) is 7.05 Å². The van der Waals surface area contributed by atoms with Gasteiger partial charge in [0.15, 0.2) is 11.7 Å². The van der Waals surface area contributed by atoms with Crippen molar-refractivity contribution in [2.45, 2.75) is 59.6 Å². The van der Waals surface area contributed by atoms with Crippen LogP contribution in [0.3, 0.4) is 0 Å². The molecule has 0 saturated carbocycles. The highest BCUT2D eigenvalue weighted by molar-refractivity contribution is 5.79. The van der Waals surface area contributed by atoms with E-state index in [4.69, 9.17) is 9.26 Å². The van der Waals surface area contributed by atoms with Gasteiger partial charge >= 0.3 is 6.09 Å². The zero-order valence-electron chi connectivity index (χ0n) is 17.0. The fraction of sp³-hybridized carbons (Fsp3) is 0.722. The number of carbonyl (C=O) groups excluding carboxylic acids is 1. The Bertz CT molecular complexity index is 590. The van der Waals surface area contributed by atoms with Crippen LogP contribution in [0.5, 0.6) is 0 Å². The molecule has 0 fully saturated rings. The molecule has 8 heteroatoms. The SMILES string of the molecule is CCNC(=NCc1cc(C(C)C)no1)NCCN(C)C(=O)OC(C)(C)C. The van der Waals surface area contributed by atoms with Crippen LogP contribution in [0.15, 0.2) is 15.6 Å². The summed E-state index contributed by atoms with van der Waals surface area (Å²) in [5.74, 6) is 1.70. The lowest BCUT2D eigenvalue weighted by atomic mass is 10.1. The van der Waals surface area contributed by atoms with Gasteiger partial charge in [0.25, 0.3) is 0 Å². The molecule has 0 unspecified atom stereocenters. The van der Waals surface area contributed by atoms with E-state index in [-0.39, 0.29) is 6.09 Å². The minimum Gasteiger partial charge on any atom is -0.444 e. The molecule has 0 radical (unpaired) electrons. The van der Waals surface area contributed by atoms with Crippen molar-refractivity contribution >= 4 is 12.1 Å². The maximum Gasteiger partial charge on any atom is 0.410 e. The summed E-state index contributed by atoms with van der Waals surface area (Å²) in [6, 6.07) is 1.92. The van der Waals surface area contributed by atoms with Crippen LogP contribution >= 0.6 is 0 Å². The van der Waals surface area contributed by atoms with E-state index in [2.05, 4.69) is 34.6 Å². The lowest BCUT2D eigenvalue weighted by molar-refractivity contribution is 0.0302. The van der Waals surface area contributed by atoms with E-state index in [1.165, 1.54) is 4.90 Å². The van der Waals surface area contributed by atoms with Crippen molar-refractivity contribution in [3.8, 4) is 0 Å². The molecular weight excluding hydrogens is 334 g/mol. The highest BCUT2D eigenvalue weighted by atomic mass is 16.6. The van der Waals surface area contributed by atoms with E-state index in [0.29, 0.717) is 31.5 Å². The normalized spacial score (nSPS) is 12.2. The minimum absolute atomic E-state index is 0.325. The summed E-state index contributed by atoms with van der Waals surface area (Å²) in [4.78, 5) is 18.0. The number of rotatable bonds is 7. The zero-order chi connectivity index (χ0) is 19.7. The molecule has 0 aromatic carbocycles. The molecule has 0 aliphatic rings. The lowest BCUT2D eigenvalue weighted by Crippen LogP contribution is -2.43. The van der Waals surface area contributed by atoms with Gasteiger partial charge in [0.05, 0.1) is 5.69 Å². The van der Waals surface area contributed by atoms with Crippen molar-refractivity contribution in [2.75, 3.05) is 26.7 Å². The van der Waals surface area contributed by atoms with Crippen molar-refractivity contribution in [2.24, 2.45) is 4.99 Å². The van der Waals surface area contributed by atoms with Gasteiger partial charge in [-0.2, -0.15) is 0 Å². The molecule has 1 amide bonds. The fourth-order valence-corrected chi connectivity index (χ4v) is 1.95. The van der Waals surface area contributed by atoms with Gasteiger partial charge < -0.3 is 24.8 Å². The molecule has 0 bridgehead atoms. The molecule has 1 aromatic rings. The number of hydrogen-bond acceptors (Lipinski definition) is 5. The van der Waals surface area contributed by atoms with Crippen molar-refractivity contribution in [3.05, 3.63) is 17.5 Å². The van der Waals surface area contributed by atoms with Crippen LogP contribution < -0.4 is 10.6 Å². The molecule has 1 rings (SSSR count). The fourth-order valence-electron chi connectivity index (χ4n) is 1.95. The number of likely N-dealkylation sites (N-methyl/N-ethyl adjacent to an activating group) is 1. The number of nitrogens with zero attached hydrogens (tertiary/aromatic N) is 3. The maximum atomic E-state index is 11.9. The number of aromatic nitrogens is 1. The van der Waals surface area contributed by atoms with Crippen LogP contribution in [0, 0.1) is 0 Å². The summed E-state index contributed by atoms with van der Waals surface area (Å²) in [6.07, 6.45) is -0.343. The second-order valence-corrected chi connectivity index (χ2v) is 7.40. The van der Waals surface area contributed by atoms with E-state index in [9.17, 15) is 4.79 Å². The third-order valence-corrected chi connectivity index (χ3v) is 3.35. The minimum atomic E-state index is -0.499. The third-order valence-electron chi connectivity index (χ3n) is 3.35. The standard InChI is InChI=1S/C18H33N5O3/c1-8-19-16(21-12-14-11-15(13(2)3)22-26-14)20-9-10-23(7)17(24)25-18(4,5)6/h11,13H,8-10,12H2,1-7H3,(H2,19,20,21). The van der Waals surface area contributed by atoms with Crippen molar-refractivity contribution < 1.29 is 14.1 Å². The predicted molar refractivity (Wildman–Crippen MR) is 102 cm³/mol. The Kier molecular flexibility index (Phi) is 8.41. The predicted octanol–water partition coefficient (Wildman–Crippen LogP) is 2.72. The summed E-state index contributed by atoms with van der Waals surface area (Å²) in [6.45, 7) is 13.9. The highest BCUT2D eigenvalue weighted by Gasteiger charge is 2.19. The van der Waals surface area contributed by atoms with Gasteiger partial charge in [-0.1, -0.05) is 19.0 Å². The largest absolute Gasteiger partial charge is 0.444 e. The Hall–Kier alpha value is -2.25. The average molecular weight is 367 g/mol. The zero-order valence-corrected chi connectivity index (χ0v) is 17.0. The second kappa shape index (κ2) is 10.0. The molecular formula is C18H33N5O3. The first-order valence-electron chi connectivity index (χ1n) is 9.04. The molecule has 1 heterocycles. The molecule has 1 aromatic heterocycles. The Morgan fingerprint density at radius 1 is 1.38 bits per heavy atom. The van der Waals surface area contributed by atoms with Gasteiger partial charge in [0.1, 0.15) is 12.1 Å². The van der Waals surface area contributed by atoms with Crippen LogP contribution in [-0.2, 0) is 11.3 Å². The Balaban J connectivity index is 2.50. The summed E-state index contributed by atoms with van der Waals surface area (Å²) in [5.41, 5.74) is 0.424. The first-order chi connectivity index (χ1) is 12.1. The molecule has 0 aliphatic carbocycles.